The van der Waals surface area contributed by atoms with Crippen molar-refractivity contribution in [3.63, 3.8) is 0 Å². The zero-order chi connectivity index (χ0) is 38.9. The van der Waals surface area contributed by atoms with Crippen molar-refractivity contribution in [2.75, 3.05) is 18.0 Å². The number of rotatable bonds is 21. The van der Waals surface area contributed by atoms with Crippen molar-refractivity contribution in [3.05, 3.63) is 59.9 Å². The van der Waals surface area contributed by atoms with Gasteiger partial charge in [0.1, 0.15) is 0 Å². The number of pyridine rings is 1. The molecule has 0 aliphatic carbocycles. The number of alkyl halides is 15. The van der Waals surface area contributed by atoms with Crippen molar-refractivity contribution in [2.45, 2.75) is 120 Å². The van der Waals surface area contributed by atoms with E-state index in [4.69, 9.17) is 0 Å². The Bertz CT molecular complexity index is 1360. The van der Waals surface area contributed by atoms with Gasteiger partial charge in [-0.25, -0.2) is 4.57 Å². The summed E-state index contributed by atoms with van der Waals surface area (Å²) in [5.74, 6) is -46.4. The number of hydrogen-bond donors (Lipinski definition) is 0. The van der Waals surface area contributed by atoms with E-state index in [2.05, 4.69) is 18.7 Å². The Morgan fingerprint density at radius 2 is 0.923 bits per heavy atom. The van der Waals surface area contributed by atoms with Gasteiger partial charge in [-0.2, -0.15) is 65.9 Å². The number of benzene rings is 1. The number of anilines is 1. The molecule has 0 atom stereocenters. The van der Waals surface area contributed by atoms with Gasteiger partial charge < -0.3 is 28.9 Å². The van der Waals surface area contributed by atoms with Crippen molar-refractivity contribution < 1.29 is 94.4 Å². The molecule has 52 heavy (non-hydrogen) atoms. The Balaban J connectivity index is 0.0000135. The molecular weight excluding hydrogens is 848 g/mol. The van der Waals surface area contributed by atoms with Crippen LogP contribution in [0.2, 0.25) is 0 Å². The predicted octanol–water partition coefficient (Wildman–Crippen LogP) is 8.88. The van der Waals surface area contributed by atoms with Gasteiger partial charge in [-0.15, -0.1) is 0 Å². The quantitative estimate of drug-likeness (QED) is 0.0527. The Labute approximate surface area is 309 Å². The van der Waals surface area contributed by atoms with Crippen LogP contribution in [-0.4, -0.2) is 54.8 Å². The molecule has 1 aromatic heterocycles. The van der Waals surface area contributed by atoms with Gasteiger partial charge in [0, 0.05) is 30.9 Å². The molecule has 0 spiro atoms. The molecule has 0 bridgehead atoms. The lowest BCUT2D eigenvalue weighted by Gasteiger charge is -2.41. The normalized spacial score (nSPS) is 13.8. The first-order valence-electron chi connectivity index (χ1n) is 16.3. The first-order chi connectivity index (χ1) is 23.4. The summed E-state index contributed by atoms with van der Waals surface area (Å²) in [6.07, 6.45) is 4.20. The average Bonchev–Trinajstić information content (AvgIpc) is 3.05. The monoisotopic (exact) mass is 888 g/mol. The highest BCUT2D eigenvalue weighted by Gasteiger charge is 2.93. The lowest BCUT2D eigenvalue weighted by Crippen LogP contribution is -3.00. The largest absolute Gasteiger partial charge is 1.00 e. The van der Waals surface area contributed by atoms with Gasteiger partial charge in [0.25, 0.3) is 0 Å². The van der Waals surface area contributed by atoms with Crippen LogP contribution in [0, 0.1) is 0 Å². The van der Waals surface area contributed by atoms with Crippen molar-refractivity contribution in [3.8, 4) is 0 Å². The maximum Gasteiger partial charge on any atom is 0.460 e. The molecule has 0 unspecified atom stereocenters. The van der Waals surface area contributed by atoms with E-state index >= 15 is 0 Å². The Morgan fingerprint density at radius 3 is 1.35 bits per heavy atom. The van der Waals surface area contributed by atoms with E-state index in [-0.39, 0.29) is 24.0 Å². The smallest absolute Gasteiger partial charge is 0.460 e. The van der Waals surface area contributed by atoms with E-state index in [1.165, 1.54) is 12.1 Å². The molecule has 0 aliphatic rings. The third kappa shape index (κ3) is 10.6. The second-order valence-electron chi connectivity index (χ2n) is 12.2. The molecule has 0 saturated carbocycles. The zero-order valence-corrected chi connectivity index (χ0v) is 30.4. The average molecular weight is 889 g/mol. The summed E-state index contributed by atoms with van der Waals surface area (Å²) in [5.41, 5.74) is 2.28. The van der Waals surface area contributed by atoms with Crippen LogP contribution in [0.5, 0.6) is 0 Å². The summed E-state index contributed by atoms with van der Waals surface area (Å²) >= 11 is 0. The van der Waals surface area contributed by atoms with E-state index < -0.39 is 54.7 Å². The topological polar surface area (TPSA) is 7.12 Å². The summed E-state index contributed by atoms with van der Waals surface area (Å²) in [5, 5.41) is 0. The van der Waals surface area contributed by atoms with Gasteiger partial charge >= 0.3 is 41.7 Å². The lowest BCUT2D eigenvalue weighted by molar-refractivity contribution is -0.700. The van der Waals surface area contributed by atoms with Gasteiger partial charge in [-0.3, -0.25) is 0 Å². The fraction of sp³-hybridized carbons (Fsp3) is 0.618. The van der Waals surface area contributed by atoms with E-state index in [1.807, 2.05) is 24.3 Å². The standard InChI is InChI=1S/C34H40F15N2.HI/c1-3-5-7-9-20-51(21-10-8-6-4-2)27-15-13-25(14-16-27)11-12-26-17-22-50(23-18-26)24-19-28(35,36)29(37,38)30(39,40)31(41,42)32(43,44)33(45,46)34(47,48)49;/h11-18,22-23H,3-10,19-21,24H2,1-2H3;1H/q+1;/p-1. The Hall–Kier alpha value is -2.41. The number of unbranched alkanes of at least 4 members (excludes halogenated alkanes) is 6. The molecule has 0 radical (unpaired) electrons. The molecular formula is C34H40F15IN2. The molecule has 0 amide bonds. The zero-order valence-electron chi connectivity index (χ0n) is 28.2. The van der Waals surface area contributed by atoms with Gasteiger partial charge in [-0.05, 0) is 36.1 Å². The van der Waals surface area contributed by atoms with E-state index in [0.717, 1.165) is 88.1 Å². The van der Waals surface area contributed by atoms with Crippen molar-refractivity contribution in [1.82, 2.24) is 0 Å². The van der Waals surface area contributed by atoms with Crippen molar-refractivity contribution >= 4 is 17.8 Å². The highest BCUT2D eigenvalue weighted by atomic mass is 127. The second-order valence-corrected chi connectivity index (χ2v) is 12.2. The third-order valence-electron chi connectivity index (χ3n) is 8.28. The second kappa shape index (κ2) is 18.8. The molecule has 1 aromatic carbocycles. The molecule has 1 heterocycles. The molecule has 2 aromatic rings. The highest BCUT2D eigenvalue weighted by molar-refractivity contribution is 5.70. The molecule has 0 N–H and O–H groups in total. The number of hydrogen-bond acceptors (Lipinski definition) is 1. The molecule has 2 nitrogen and oxygen atoms in total. The Kier molecular flexibility index (Phi) is 17.2. The number of aryl methyl sites for hydroxylation is 1. The van der Waals surface area contributed by atoms with Crippen LogP contribution in [0.25, 0.3) is 12.2 Å². The third-order valence-corrected chi connectivity index (χ3v) is 8.28. The highest BCUT2D eigenvalue weighted by Crippen LogP contribution is 2.62. The summed E-state index contributed by atoms with van der Waals surface area (Å²) in [6.45, 7) is 4.80. The number of aromatic nitrogens is 1. The van der Waals surface area contributed by atoms with Gasteiger partial charge in [0.15, 0.2) is 18.9 Å². The minimum absolute atomic E-state index is 0. The summed E-state index contributed by atoms with van der Waals surface area (Å²) in [7, 11) is 0. The first-order valence-corrected chi connectivity index (χ1v) is 16.3. The summed E-state index contributed by atoms with van der Waals surface area (Å²) in [6, 6.07) is 10.2. The minimum Gasteiger partial charge on any atom is -1.00 e. The van der Waals surface area contributed by atoms with Crippen LogP contribution in [0.4, 0.5) is 71.5 Å². The van der Waals surface area contributed by atoms with Crippen LogP contribution in [0.3, 0.4) is 0 Å². The fourth-order valence-corrected chi connectivity index (χ4v) is 4.97. The minimum atomic E-state index is -8.28. The van der Waals surface area contributed by atoms with Gasteiger partial charge in [0.05, 0.1) is 6.42 Å². The van der Waals surface area contributed by atoms with E-state index in [1.54, 1.807) is 12.2 Å². The van der Waals surface area contributed by atoms with Crippen LogP contribution in [0.1, 0.15) is 82.8 Å². The van der Waals surface area contributed by atoms with E-state index in [0.29, 0.717) is 10.1 Å². The number of nitrogens with zero attached hydrogens (tertiary/aromatic N) is 2. The van der Waals surface area contributed by atoms with E-state index in [9.17, 15) is 65.9 Å². The molecule has 0 saturated heterocycles. The van der Waals surface area contributed by atoms with Crippen molar-refractivity contribution in [2.24, 2.45) is 0 Å². The maximum absolute atomic E-state index is 14.2. The predicted molar refractivity (Wildman–Crippen MR) is 163 cm³/mol. The Morgan fingerprint density at radius 1 is 0.519 bits per heavy atom. The van der Waals surface area contributed by atoms with Gasteiger partial charge in [-0.1, -0.05) is 76.7 Å². The fourth-order valence-electron chi connectivity index (χ4n) is 4.97. The van der Waals surface area contributed by atoms with Crippen LogP contribution >= 0.6 is 0 Å². The maximum atomic E-state index is 14.2. The number of halogens is 16. The van der Waals surface area contributed by atoms with Crippen LogP contribution < -0.4 is 33.4 Å². The molecule has 0 fully saturated rings. The van der Waals surface area contributed by atoms with Crippen molar-refractivity contribution in [1.29, 1.82) is 0 Å². The molecule has 18 heteroatoms. The van der Waals surface area contributed by atoms with Crippen LogP contribution in [0.15, 0.2) is 48.8 Å². The van der Waals surface area contributed by atoms with Crippen LogP contribution in [-0.2, 0) is 6.54 Å². The van der Waals surface area contributed by atoms with Gasteiger partial charge in [0.2, 0.25) is 0 Å². The summed E-state index contributed by atoms with van der Waals surface area (Å²) < 4.78 is 202. The molecule has 0 aliphatic heterocycles. The molecule has 298 valence electrons. The molecule has 2 rings (SSSR count). The lowest BCUT2D eigenvalue weighted by atomic mass is 9.90. The SMILES string of the molecule is CCCCCCN(CCCCCC)c1ccc(/C=C/c2cc[n+](CCC(F)(F)C(F)(F)C(F)(F)C(F)(F)C(F)(F)C(F)(F)C(F)(F)F)cc2)cc1.[I-]. The summed E-state index contributed by atoms with van der Waals surface area (Å²) in [4.78, 5) is 2.34. The first kappa shape index (κ1) is 47.6.